The average Bonchev–Trinajstić information content (AvgIpc) is 3.91. The number of benzene rings is 10. The minimum Gasteiger partial charge on any atom is -0.310 e. The van der Waals surface area contributed by atoms with Gasteiger partial charge in [0.25, 0.3) is 0 Å². The van der Waals surface area contributed by atoms with Crippen molar-refractivity contribution < 1.29 is 0 Å². The molecule has 3 aliphatic rings. The van der Waals surface area contributed by atoms with E-state index in [9.17, 15) is 0 Å². The van der Waals surface area contributed by atoms with E-state index in [-0.39, 0.29) is 5.41 Å². The van der Waals surface area contributed by atoms with Crippen molar-refractivity contribution in [1.29, 1.82) is 0 Å². The minimum atomic E-state index is -0.588. The standard InChI is InChI=1S/C62H44N2/c1-61(2)53-31-17-14-27-47(53)52-38-44(35-37-54(52)61)64(43-24-10-5-11-25-43)59-40-58-60(50-29-13-12-28-49(50)59)51-30-16-19-33-56(51)62(58)55-32-18-15-26-46(55)48-36-34-45(39-57(48)62)63(41-20-6-3-7-21-41)42-22-8-4-9-23-42/h3-40H,1-2H3. The highest BCUT2D eigenvalue weighted by molar-refractivity contribution is 6.12. The second-order valence-electron chi connectivity index (χ2n) is 18.0. The first kappa shape index (κ1) is 36.7. The second kappa shape index (κ2) is 13.8. The van der Waals surface area contributed by atoms with Crippen molar-refractivity contribution in [2.75, 3.05) is 9.80 Å². The number of para-hydroxylation sites is 3. The Balaban J connectivity index is 1.12. The molecule has 0 N–H and O–H groups in total. The van der Waals surface area contributed by atoms with Crippen LogP contribution < -0.4 is 9.80 Å². The molecule has 0 aromatic heterocycles. The number of hydrogen-bond acceptors (Lipinski definition) is 2. The van der Waals surface area contributed by atoms with E-state index in [1.165, 1.54) is 77.5 Å². The van der Waals surface area contributed by atoms with Crippen molar-refractivity contribution in [3.63, 3.8) is 0 Å². The number of hydrogen-bond donors (Lipinski definition) is 0. The molecular formula is C62H44N2. The summed E-state index contributed by atoms with van der Waals surface area (Å²) in [4.78, 5) is 4.91. The Morgan fingerprint density at radius 1 is 0.281 bits per heavy atom. The van der Waals surface area contributed by atoms with Gasteiger partial charge in [0, 0.05) is 39.2 Å². The maximum atomic E-state index is 2.56. The molecular weight excluding hydrogens is 773 g/mol. The van der Waals surface area contributed by atoms with Gasteiger partial charge < -0.3 is 9.80 Å². The Bertz CT molecular complexity index is 3440. The molecule has 10 aromatic rings. The third-order valence-electron chi connectivity index (χ3n) is 14.4. The van der Waals surface area contributed by atoms with Gasteiger partial charge in [-0.25, -0.2) is 0 Å². The van der Waals surface area contributed by atoms with Crippen LogP contribution in [0.5, 0.6) is 0 Å². The lowest BCUT2D eigenvalue weighted by atomic mass is 9.70. The van der Waals surface area contributed by atoms with Gasteiger partial charge in [0.2, 0.25) is 0 Å². The zero-order valence-corrected chi connectivity index (χ0v) is 35.8. The Hall–Kier alpha value is -7.94. The van der Waals surface area contributed by atoms with Gasteiger partial charge >= 0.3 is 0 Å². The highest BCUT2D eigenvalue weighted by atomic mass is 15.1. The molecule has 0 aliphatic heterocycles. The lowest BCUT2D eigenvalue weighted by Gasteiger charge is -2.34. The zero-order chi connectivity index (χ0) is 42.6. The fourth-order valence-electron chi connectivity index (χ4n) is 11.7. The molecule has 1 unspecified atom stereocenters. The van der Waals surface area contributed by atoms with E-state index in [0.29, 0.717) is 0 Å². The van der Waals surface area contributed by atoms with Crippen LogP contribution in [0.1, 0.15) is 47.2 Å². The highest BCUT2D eigenvalue weighted by Crippen LogP contribution is 2.65. The molecule has 0 bridgehead atoms. The number of nitrogens with zero attached hydrogens (tertiary/aromatic N) is 2. The van der Waals surface area contributed by atoms with Crippen molar-refractivity contribution in [1.82, 2.24) is 0 Å². The molecule has 0 heterocycles. The van der Waals surface area contributed by atoms with E-state index in [4.69, 9.17) is 0 Å². The molecule has 3 aliphatic carbocycles. The van der Waals surface area contributed by atoms with Crippen molar-refractivity contribution in [2.24, 2.45) is 0 Å². The molecule has 1 atom stereocenters. The molecule has 302 valence electrons. The summed E-state index contributed by atoms with van der Waals surface area (Å²) >= 11 is 0. The van der Waals surface area contributed by atoms with Crippen LogP contribution in [0.4, 0.5) is 34.1 Å². The van der Waals surface area contributed by atoms with Crippen molar-refractivity contribution >= 4 is 44.9 Å². The maximum Gasteiger partial charge on any atom is 0.0727 e. The van der Waals surface area contributed by atoms with Crippen LogP contribution in [0, 0.1) is 0 Å². The molecule has 2 nitrogen and oxygen atoms in total. The number of anilines is 6. The first-order valence-electron chi connectivity index (χ1n) is 22.4. The number of fused-ring (bicyclic) bond motifs is 15. The summed E-state index contributed by atoms with van der Waals surface area (Å²) in [5.74, 6) is 0. The number of rotatable bonds is 6. The summed E-state index contributed by atoms with van der Waals surface area (Å²) in [5, 5.41) is 2.47. The summed E-state index contributed by atoms with van der Waals surface area (Å²) in [7, 11) is 0. The summed E-state index contributed by atoms with van der Waals surface area (Å²) in [5.41, 5.74) is 21.9. The van der Waals surface area contributed by atoms with E-state index >= 15 is 0 Å². The summed E-state index contributed by atoms with van der Waals surface area (Å²) in [6.07, 6.45) is 0. The van der Waals surface area contributed by atoms with E-state index in [2.05, 4.69) is 254 Å². The van der Waals surface area contributed by atoms with Crippen LogP contribution in [0.25, 0.3) is 44.2 Å². The predicted molar refractivity (Wildman–Crippen MR) is 267 cm³/mol. The van der Waals surface area contributed by atoms with Crippen molar-refractivity contribution in [3.8, 4) is 33.4 Å². The maximum absolute atomic E-state index is 2.56. The van der Waals surface area contributed by atoms with Gasteiger partial charge in [-0.3, -0.25) is 0 Å². The van der Waals surface area contributed by atoms with Crippen LogP contribution in [0.3, 0.4) is 0 Å². The Labute approximate surface area is 375 Å². The predicted octanol–water partition coefficient (Wildman–Crippen LogP) is 16.4. The molecule has 0 amide bonds. The quantitative estimate of drug-likeness (QED) is 0.165. The third-order valence-corrected chi connectivity index (χ3v) is 14.4. The lowest BCUT2D eigenvalue weighted by Crippen LogP contribution is -2.26. The highest BCUT2D eigenvalue weighted by Gasteiger charge is 2.53. The van der Waals surface area contributed by atoms with Gasteiger partial charge in [0.15, 0.2) is 0 Å². The minimum absolute atomic E-state index is 0.0842. The van der Waals surface area contributed by atoms with E-state index in [0.717, 1.165) is 34.1 Å². The van der Waals surface area contributed by atoms with Gasteiger partial charge in [-0.2, -0.15) is 0 Å². The van der Waals surface area contributed by atoms with Gasteiger partial charge in [-0.15, -0.1) is 0 Å². The summed E-state index contributed by atoms with van der Waals surface area (Å²) in [6.45, 7) is 4.72. The molecule has 1 spiro atoms. The fraction of sp³-hybridized carbons (Fsp3) is 0.0645. The smallest absolute Gasteiger partial charge is 0.0727 e. The zero-order valence-electron chi connectivity index (χ0n) is 35.8. The normalized spacial score (nSPS) is 15.5. The Kier molecular flexibility index (Phi) is 7.90. The molecule has 0 saturated carbocycles. The largest absolute Gasteiger partial charge is 0.310 e. The summed E-state index contributed by atoms with van der Waals surface area (Å²) < 4.78 is 0. The second-order valence-corrected chi connectivity index (χ2v) is 18.0. The molecule has 64 heavy (non-hydrogen) atoms. The van der Waals surface area contributed by atoms with E-state index < -0.39 is 5.41 Å². The summed E-state index contributed by atoms with van der Waals surface area (Å²) in [6, 6.07) is 85.8. The van der Waals surface area contributed by atoms with Crippen LogP contribution in [-0.4, -0.2) is 0 Å². The first-order valence-corrected chi connectivity index (χ1v) is 22.4. The molecule has 0 fully saturated rings. The Morgan fingerprint density at radius 2 is 0.734 bits per heavy atom. The first-order chi connectivity index (χ1) is 31.5. The SMILES string of the molecule is CC1(C)c2ccccc2-c2cc(N(c3ccccc3)c3cc4c(c5ccccc35)-c3ccccc3C43c4ccccc4-c4ccc(N(c5ccccc5)c5ccccc5)cc43)ccc21. The van der Waals surface area contributed by atoms with Crippen molar-refractivity contribution in [2.45, 2.75) is 24.7 Å². The van der Waals surface area contributed by atoms with Gasteiger partial charge in [0.05, 0.1) is 11.1 Å². The average molecular weight is 817 g/mol. The van der Waals surface area contributed by atoms with Gasteiger partial charge in [-0.1, -0.05) is 178 Å². The monoisotopic (exact) mass is 816 g/mol. The van der Waals surface area contributed by atoms with Gasteiger partial charge in [-0.05, 0) is 139 Å². The van der Waals surface area contributed by atoms with E-state index in [1.54, 1.807) is 0 Å². The third kappa shape index (κ3) is 5.02. The molecule has 0 saturated heterocycles. The molecule has 2 heteroatoms. The lowest BCUT2D eigenvalue weighted by molar-refractivity contribution is 0.660. The fourth-order valence-corrected chi connectivity index (χ4v) is 11.7. The van der Waals surface area contributed by atoms with Crippen LogP contribution in [0.15, 0.2) is 231 Å². The van der Waals surface area contributed by atoms with Crippen LogP contribution in [0.2, 0.25) is 0 Å². The topological polar surface area (TPSA) is 6.48 Å². The van der Waals surface area contributed by atoms with Crippen molar-refractivity contribution in [3.05, 3.63) is 264 Å². The van der Waals surface area contributed by atoms with Crippen LogP contribution >= 0.6 is 0 Å². The molecule has 13 rings (SSSR count). The Morgan fingerprint density at radius 3 is 1.39 bits per heavy atom. The molecule has 0 radical (unpaired) electrons. The van der Waals surface area contributed by atoms with Crippen LogP contribution in [-0.2, 0) is 10.8 Å². The molecule has 10 aromatic carbocycles. The van der Waals surface area contributed by atoms with Gasteiger partial charge in [0.1, 0.15) is 0 Å². The van der Waals surface area contributed by atoms with E-state index in [1.807, 2.05) is 0 Å².